The Morgan fingerprint density at radius 3 is 2.55 bits per heavy atom. The smallest absolute Gasteiger partial charge is 0.228 e. The molecular formula is C24H29N5O2. The van der Waals surface area contributed by atoms with Crippen LogP contribution in [-0.2, 0) is 23.2 Å². The van der Waals surface area contributed by atoms with Gasteiger partial charge in [-0.15, -0.1) is 0 Å². The second-order valence-electron chi connectivity index (χ2n) is 8.62. The van der Waals surface area contributed by atoms with Crippen LogP contribution in [0, 0.1) is 0 Å². The molecule has 162 valence electrons. The highest BCUT2D eigenvalue weighted by Gasteiger charge is 2.27. The lowest BCUT2D eigenvalue weighted by Gasteiger charge is -2.29. The average Bonchev–Trinajstić information content (AvgIpc) is 3.39. The molecule has 0 spiro atoms. The van der Waals surface area contributed by atoms with E-state index in [0.717, 1.165) is 66.9 Å². The predicted molar refractivity (Wildman–Crippen MR) is 121 cm³/mol. The molecule has 0 N–H and O–H groups in total. The van der Waals surface area contributed by atoms with E-state index in [1.165, 1.54) is 6.42 Å². The van der Waals surface area contributed by atoms with E-state index < -0.39 is 0 Å². The van der Waals surface area contributed by atoms with Crippen molar-refractivity contribution in [1.29, 1.82) is 0 Å². The molecule has 1 fully saturated rings. The number of rotatable bonds is 4. The third kappa shape index (κ3) is 3.73. The maximum atomic E-state index is 13.0. The van der Waals surface area contributed by atoms with Crippen LogP contribution in [0.15, 0.2) is 36.5 Å². The zero-order valence-electron chi connectivity index (χ0n) is 18.1. The van der Waals surface area contributed by atoms with Crippen molar-refractivity contribution in [2.24, 2.45) is 7.05 Å². The summed E-state index contributed by atoms with van der Waals surface area (Å²) in [5.74, 6) is 0.954. The van der Waals surface area contributed by atoms with Crippen molar-refractivity contribution in [3.63, 3.8) is 0 Å². The Morgan fingerprint density at radius 1 is 0.935 bits per heavy atom. The van der Waals surface area contributed by atoms with E-state index in [9.17, 15) is 9.59 Å². The second kappa shape index (κ2) is 8.21. The molecule has 0 aliphatic carbocycles. The standard InChI is InChI=1S/C24H29N5O2/c1-26-17-19(18-8-3-4-9-21(18)26)20-16-22-28(14-7-15-29(22)25-20)24(31)11-10-23(30)27-12-5-2-6-13-27/h3-4,8-9,16-17H,2,5-7,10-15H2,1H3. The molecule has 0 bridgehead atoms. The molecule has 3 aromatic rings. The first kappa shape index (κ1) is 19.8. The molecule has 5 rings (SSSR count). The molecule has 2 aliphatic rings. The van der Waals surface area contributed by atoms with Crippen LogP contribution in [-0.4, -0.2) is 50.7 Å². The van der Waals surface area contributed by atoms with Gasteiger partial charge in [0.25, 0.3) is 0 Å². The Balaban J connectivity index is 1.35. The fourth-order valence-electron chi connectivity index (χ4n) is 4.86. The molecule has 2 amide bonds. The molecule has 1 aromatic carbocycles. The maximum absolute atomic E-state index is 13.0. The Labute approximate surface area is 182 Å². The first-order valence-electron chi connectivity index (χ1n) is 11.3. The molecular weight excluding hydrogens is 390 g/mol. The predicted octanol–water partition coefficient (Wildman–Crippen LogP) is 3.57. The van der Waals surface area contributed by atoms with Crippen LogP contribution in [0.5, 0.6) is 0 Å². The average molecular weight is 420 g/mol. The highest BCUT2D eigenvalue weighted by Crippen LogP contribution is 2.33. The number of carbonyl (C=O) groups is 2. The first-order valence-corrected chi connectivity index (χ1v) is 11.3. The van der Waals surface area contributed by atoms with Crippen molar-refractivity contribution >= 4 is 28.5 Å². The first-order chi connectivity index (χ1) is 15.1. The normalized spacial score (nSPS) is 16.5. The van der Waals surface area contributed by atoms with E-state index in [0.29, 0.717) is 13.0 Å². The van der Waals surface area contributed by atoms with Gasteiger partial charge in [0.1, 0.15) is 5.82 Å². The van der Waals surface area contributed by atoms with E-state index in [2.05, 4.69) is 22.9 Å². The fourth-order valence-corrected chi connectivity index (χ4v) is 4.86. The zero-order valence-corrected chi connectivity index (χ0v) is 18.1. The topological polar surface area (TPSA) is 63.4 Å². The SMILES string of the molecule is Cn1cc(-c2cc3n(n2)CCCN3C(=O)CCC(=O)N2CCCCC2)c2ccccc21. The van der Waals surface area contributed by atoms with Crippen molar-refractivity contribution in [3.05, 3.63) is 36.5 Å². The Kier molecular flexibility index (Phi) is 5.26. The summed E-state index contributed by atoms with van der Waals surface area (Å²) in [6.45, 7) is 3.14. The number of benzene rings is 1. The van der Waals surface area contributed by atoms with Crippen molar-refractivity contribution in [1.82, 2.24) is 19.2 Å². The lowest BCUT2D eigenvalue weighted by Crippen LogP contribution is -2.39. The molecule has 1 saturated heterocycles. The van der Waals surface area contributed by atoms with Crippen molar-refractivity contribution in [3.8, 4) is 11.3 Å². The quantitative estimate of drug-likeness (QED) is 0.649. The summed E-state index contributed by atoms with van der Waals surface area (Å²) in [4.78, 5) is 29.2. The minimum absolute atomic E-state index is 0.00989. The van der Waals surface area contributed by atoms with Crippen LogP contribution in [0.1, 0.15) is 38.5 Å². The fraction of sp³-hybridized carbons (Fsp3) is 0.458. The van der Waals surface area contributed by atoms with Crippen LogP contribution in [0.2, 0.25) is 0 Å². The van der Waals surface area contributed by atoms with Gasteiger partial charge >= 0.3 is 0 Å². The van der Waals surface area contributed by atoms with Crippen molar-refractivity contribution in [2.45, 2.75) is 45.1 Å². The molecule has 0 saturated carbocycles. The third-order valence-corrected chi connectivity index (χ3v) is 6.52. The molecule has 0 radical (unpaired) electrons. The Morgan fingerprint density at radius 2 is 1.71 bits per heavy atom. The summed E-state index contributed by atoms with van der Waals surface area (Å²) in [5.41, 5.74) is 3.12. The van der Waals surface area contributed by atoms with Gasteiger partial charge in [-0.05, 0) is 31.7 Å². The number of likely N-dealkylation sites (tertiary alicyclic amines) is 1. The molecule has 31 heavy (non-hydrogen) atoms. The number of hydrogen-bond donors (Lipinski definition) is 0. The number of amides is 2. The number of nitrogens with zero attached hydrogens (tertiary/aromatic N) is 5. The van der Waals surface area contributed by atoms with Gasteiger partial charge in [0.2, 0.25) is 11.8 Å². The van der Waals surface area contributed by atoms with Gasteiger partial charge in [0.05, 0.1) is 5.69 Å². The van der Waals surface area contributed by atoms with E-state index in [4.69, 9.17) is 5.10 Å². The lowest BCUT2D eigenvalue weighted by molar-refractivity contribution is -0.134. The highest BCUT2D eigenvalue weighted by atomic mass is 16.2. The van der Waals surface area contributed by atoms with Crippen LogP contribution < -0.4 is 4.90 Å². The van der Waals surface area contributed by atoms with Gasteiger partial charge in [-0.2, -0.15) is 5.10 Å². The highest BCUT2D eigenvalue weighted by molar-refractivity contribution is 5.98. The van der Waals surface area contributed by atoms with Crippen LogP contribution >= 0.6 is 0 Å². The van der Waals surface area contributed by atoms with Crippen molar-refractivity contribution < 1.29 is 9.59 Å². The number of aryl methyl sites for hydroxylation is 2. The minimum atomic E-state index is 0.00989. The summed E-state index contributed by atoms with van der Waals surface area (Å²) < 4.78 is 4.04. The van der Waals surface area contributed by atoms with Crippen LogP contribution in [0.25, 0.3) is 22.2 Å². The van der Waals surface area contributed by atoms with Gasteiger partial charge < -0.3 is 9.47 Å². The van der Waals surface area contributed by atoms with Gasteiger partial charge in [-0.1, -0.05) is 18.2 Å². The molecule has 7 heteroatoms. The van der Waals surface area contributed by atoms with Gasteiger partial charge in [-0.3, -0.25) is 14.5 Å². The second-order valence-corrected chi connectivity index (χ2v) is 8.62. The number of fused-ring (bicyclic) bond motifs is 2. The van der Waals surface area contributed by atoms with Crippen LogP contribution in [0.3, 0.4) is 0 Å². The Bertz CT molecular complexity index is 1120. The van der Waals surface area contributed by atoms with Gasteiger partial charge in [0.15, 0.2) is 0 Å². The summed E-state index contributed by atoms with van der Waals surface area (Å²) in [7, 11) is 2.04. The molecule has 2 aliphatic heterocycles. The maximum Gasteiger partial charge on any atom is 0.228 e. The number of piperidine rings is 1. The Hall–Kier alpha value is -3.09. The summed E-state index contributed by atoms with van der Waals surface area (Å²) in [6, 6.07) is 10.3. The number of para-hydroxylation sites is 1. The number of carbonyl (C=O) groups excluding carboxylic acids is 2. The van der Waals surface area contributed by atoms with Gasteiger partial charge in [-0.25, -0.2) is 4.68 Å². The molecule has 0 atom stereocenters. The van der Waals surface area contributed by atoms with Crippen LogP contribution in [0.4, 0.5) is 5.82 Å². The summed E-state index contributed by atoms with van der Waals surface area (Å²) in [5, 5.41) is 5.98. The minimum Gasteiger partial charge on any atom is -0.350 e. The summed E-state index contributed by atoms with van der Waals surface area (Å²) >= 11 is 0. The lowest BCUT2D eigenvalue weighted by atomic mass is 10.1. The van der Waals surface area contributed by atoms with E-state index in [1.54, 1.807) is 0 Å². The summed E-state index contributed by atoms with van der Waals surface area (Å²) in [6.07, 6.45) is 6.85. The number of anilines is 1. The molecule has 2 aromatic heterocycles. The molecule has 4 heterocycles. The van der Waals surface area contributed by atoms with Gasteiger partial charge in [0, 0.05) is 74.8 Å². The number of aromatic nitrogens is 3. The molecule has 0 unspecified atom stereocenters. The van der Waals surface area contributed by atoms with E-state index in [1.807, 2.05) is 39.7 Å². The van der Waals surface area contributed by atoms with Crippen molar-refractivity contribution in [2.75, 3.05) is 24.5 Å². The van der Waals surface area contributed by atoms with E-state index in [-0.39, 0.29) is 18.2 Å². The van der Waals surface area contributed by atoms with E-state index >= 15 is 0 Å². The third-order valence-electron chi connectivity index (χ3n) is 6.52. The zero-order chi connectivity index (χ0) is 21.4. The molecule has 7 nitrogen and oxygen atoms in total. The largest absolute Gasteiger partial charge is 0.350 e. The number of hydrogen-bond acceptors (Lipinski definition) is 3. The monoisotopic (exact) mass is 419 g/mol.